The molecule has 2 aliphatic rings. The Morgan fingerprint density at radius 1 is 1.22 bits per heavy atom. The Balaban J connectivity index is 1.62. The molecule has 2 fully saturated rings. The number of anilines is 1. The predicted octanol–water partition coefficient (Wildman–Crippen LogP) is 0.480. The molecule has 1 saturated carbocycles. The third kappa shape index (κ3) is 2.97. The van der Waals surface area contributed by atoms with E-state index in [9.17, 15) is 0 Å². The van der Waals surface area contributed by atoms with Crippen molar-refractivity contribution < 1.29 is 0 Å². The Morgan fingerprint density at radius 2 is 2.00 bits per heavy atom. The summed E-state index contributed by atoms with van der Waals surface area (Å²) < 4.78 is 0. The number of hydrogen-bond donors (Lipinski definition) is 1. The van der Waals surface area contributed by atoms with Gasteiger partial charge in [-0.3, -0.25) is 4.98 Å². The van der Waals surface area contributed by atoms with E-state index in [1.165, 1.54) is 12.8 Å². The number of rotatable bonds is 4. The molecule has 3 rings (SSSR count). The highest BCUT2D eigenvalue weighted by Crippen LogP contribution is 2.19. The molecule has 0 aromatic carbocycles. The molecule has 5 nitrogen and oxygen atoms in total. The lowest BCUT2D eigenvalue weighted by atomic mass is 10.3. The summed E-state index contributed by atoms with van der Waals surface area (Å²) in [6.45, 7) is 5.15. The summed E-state index contributed by atoms with van der Waals surface area (Å²) in [5.74, 6) is 1.03. The van der Waals surface area contributed by atoms with Crippen molar-refractivity contribution in [3.8, 4) is 0 Å². The van der Waals surface area contributed by atoms with Crippen LogP contribution in [0.5, 0.6) is 0 Å². The first kappa shape index (κ1) is 11.9. The number of nitrogens with zero attached hydrogens (tertiary/aromatic N) is 4. The van der Waals surface area contributed by atoms with Crippen LogP contribution in [0.3, 0.4) is 0 Å². The quantitative estimate of drug-likeness (QED) is 0.838. The van der Waals surface area contributed by atoms with Crippen LogP contribution >= 0.6 is 0 Å². The molecule has 2 heterocycles. The van der Waals surface area contributed by atoms with E-state index in [2.05, 4.69) is 27.1 Å². The van der Waals surface area contributed by atoms with Crippen LogP contribution in [0.25, 0.3) is 0 Å². The summed E-state index contributed by atoms with van der Waals surface area (Å²) in [6.07, 6.45) is 6.37. The van der Waals surface area contributed by atoms with Crippen molar-refractivity contribution in [1.29, 1.82) is 0 Å². The smallest absolute Gasteiger partial charge is 0.147 e. The summed E-state index contributed by atoms with van der Waals surface area (Å²) in [5.41, 5.74) is 1.05. The molecule has 1 aliphatic carbocycles. The number of aromatic nitrogens is 2. The molecule has 1 saturated heterocycles. The fourth-order valence-electron chi connectivity index (χ4n) is 2.20. The van der Waals surface area contributed by atoms with Gasteiger partial charge in [-0.25, -0.2) is 4.98 Å². The number of hydrogen-bond acceptors (Lipinski definition) is 5. The highest BCUT2D eigenvalue weighted by Gasteiger charge is 2.20. The van der Waals surface area contributed by atoms with E-state index in [1.807, 2.05) is 12.4 Å². The summed E-state index contributed by atoms with van der Waals surface area (Å²) >= 11 is 0. The van der Waals surface area contributed by atoms with Gasteiger partial charge in [-0.1, -0.05) is 0 Å². The van der Waals surface area contributed by atoms with Crippen LogP contribution in [0.2, 0.25) is 0 Å². The third-order valence-corrected chi connectivity index (χ3v) is 3.65. The highest BCUT2D eigenvalue weighted by molar-refractivity contribution is 5.37. The molecule has 0 unspecified atom stereocenters. The van der Waals surface area contributed by atoms with Crippen molar-refractivity contribution in [3.63, 3.8) is 0 Å². The molecule has 1 aromatic rings. The Hall–Kier alpha value is -1.20. The lowest BCUT2D eigenvalue weighted by molar-refractivity contribution is 0.312. The molecular formula is C13H21N5. The summed E-state index contributed by atoms with van der Waals surface area (Å²) in [6, 6.07) is 0.721. The number of nitrogens with one attached hydrogen (secondary N) is 1. The molecule has 0 bridgehead atoms. The summed E-state index contributed by atoms with van der Waals surface area (Å²) in [7, 11) is 2.17. The van der Waals surface area contributed by atoms with Gasteiger partial charge in [0.05, 0.1) is 11.9 Å². The van der Waals surface area contributed by atoms with E-state index < -0.39 is 0 Å². The summed E-state index contributed by atoms with van der Waals surface area (Å²) in [5, 5.41) is 3.48. The van der Waals surface area contributed by atoms with Crippen LogP contribution in [0, 0.1) is 0 Å². The molecule has 18 heavy (non-hydrogen) atoms. The zero-order valence-electron chi connectivity index (χ0n) is 11.0. The van der Waals surface area contributed by atoms with Gasteiger partial charge in [-0.15, -0.1) is 0 Å². The molecule has 0 atom stereocenters. The van der Waals surface area contributed by atoms with E-state index in [4.69, 9.17) is 4.98 Å². The van der Waals surface area contributed by atoms with Gasteiger partial charge in [0.15, 0.2) is 0 Å². The van der Waals surface area contributed by atoms with Crippen LogP contribution in [0.1, 0.15) is 18.5 Å². The Kier molecular flexibility index (Phi) is 3.43. The molecule has 1 aromatic heterocycles. The Labute approximate surface area is 108 Å². The minimum atomic E-state index is 0.721. The van der Waals surface area contributed by atoms with Crippen molar-refractivity contribution in [3.05, 3.63) is 18.1 Å². The minimum absolute atomic E-state index is 0.721. The molecule has 1 N–H and O–H groups in total. The first-order chi connectivity index (χ1) is 8.81. The predicted molar refractivity (Wildman–Crippen MR) is 71.6 cm³/mol. The van der Waals surface area contributed by atoms with E-state index in [-0.39, 0.29) is 0 Å². The molecule has 1 aliphatic heterocycles. The SMILES string of the molecule is CN1CCN(c2cncc(CNC3CC3)n2)CC1. The second-order valence-corrected chi connectivity index (χ2v) is 5.31. The molecule has 0 radical (unpaired) electrons. The van der Waals surface area contributed by atoms with Crippen molar-refractivity contribution in [1.82, 2.24) is 20.2 Å². The average molecular weight is 247 g/mol. The Bertz CT molecular complexity index is 396. The van der Waals surface area contributed by atoms with Gasteiger partial charge in [0.2, 0.25) is 0 Å². The van der Waals surface area contributed by atoms with Crippen LogP contribution < -0.4 is 10.2 Å². The van der Waals surface area contributed by atoms with Gasteiger partial charge in [0.25, 0.3) is 0 Å². The lowest BCUT2D eigenvalue weighted by Crippen LogP contribution is -2.45. The first-order valence-electron chi connectivity index (χ1n) is 6.79. The zero-order chi connectivity index (χ0) is 12.4. The maximum Gasteiger partial charge on any atom is 0.147 e. The Morgan fingerprint density at radius 3 is 2.72 bits per heavy atom. The van der Waals surface area contributed by atoms with E-state index >= 15 is 0 Å². The van der Waals surface area contributed by atoms with Crippen molar-refractivity contribution in [2.75, 3.05) is 38.1 Å². The molecular weight excluding hydrogens is 226 g/mol. The lowest BCUT2D eigenvalue weighted by Gasteiger charge is -2.33. The van der Waals surface area contributed by atoms with Gasteiger partial charge in [-0.2, -0.15) is 0 Å². The number of likely N-dealkylation sites (N-methyl/N-ethyl adjacent to an activating group) is 1. The van der Waals surface area contributed by atoms with E-state index in [0.29, 0.717) is 0 Å². The maximum absolute atomic E-state index is 4.70. The largest absolute Gasteiger partial charge is 0.353 e. The fourth-order valence-corrected chi connectivity index (χ4v) is 2.20. The van der Waals surface area contributed by atoms with Crippen molar-refractivity contribution in [2.45, 2.75) is 25.4 Å². The summed E-state index contributed by atoms with van der Waals surface area (Å²) in [4.78, 5) is 13.7. The number of piperazine rings is 1. The standard InChI is InChI=1S/C13H21N5/c1-17-4-6-18(7-5-17)13-10-14-8-12(16-13)9-15-11-2-3-11/h8,10-11,15H,2-7,9H2,1H3. The molecule has 0 amide bonds. The van der Waals surface area contributed by atoms with E-state index in [1.54, 1.807) is 0 Å². The van der Waals surface area contributed by atoms with Crippen LogP contribution in [-0.4, -0.2) is 54.1 Å². The van der Waals surface area contributed by atoms with Crippen LogP contribution in [0.15, 0.2) is 12.4 Å². The normalized spacial score (nSPS) is 21.3. The molecule has 5 heteroatoms. The molecule has 98 valence electrons. The van der Waals surface area contributed by atoms with Gasteiger partial charge >= 0.3 is 0 Å². The fraction of sp³-hybridized carbons (Fsp3) is 0.692. The van der Waals surface area contributed by atoms with E-state index in [0.717, 1.165) is 50.3 Å². The minimum Gasteiger partial charge on any atom is -0.353 e. The van der Waals surface area contributed by atoms with Crippen molar-refractivity contribution >= 4 is 5.82 Å². The maximum atomic E-state index is 4.70. The van der Waals surface area contributed by atoms with Gasteiger partial charge in [0, 0.05) is 45.0 Å². The second-order valence-electron chi connectivity index (χ2n) is 5.31. The molecule has 0 spiro atoms. The van der Waals surface area contributed by atoms with Gasteiger partial charge in [0.1, 0.15) is 5.82 Å². The second kappa shape index (κ2) is 5.20. The average Bonchev–Trinajstić information content (AvgIpc) is 3.22. The van der Waals surface area contributed by atoms with Crippen LogP contribution in [0.4, 0.5) is 5.82 Å². The third-order valence-electron chi connectivity index (χ3n) is 3.65. The first-order valence-corrected chi connectivity index (χ1v) is 6.79. The van der Waals surface area contributed by atoms with Crippen molar-refractivity contribution in [2.24, 2.45) is 0 Å². The zero-order valence-corrected chi connectivity index (χ0v) is 11.0. The highest BCUT2D eigenvalue weighted by atomic mass is 15.3. The topological polar surface area (TPSA) is 44.3 Å². The van der Waals surface area contributed by atoms with Gasteiger partial charge < -0.3 is 15.1 Å². The monoisotopic (exact) mass is 247 g/mol. The van der Waals surface area contributed by atoms with Gasteiger partial charge in [-0.05, 0) is 19.9 Å². The van der Waals surface area contributed by atoms with Crippen LogP contribution in [-0.2, 0) is 6.54 Å².